The molecular formula is C21H22N4O3. The quantitative estimate of drug-likeness (QED) is 0.613. The number of hydrogen-bond acceptors (Lipinski definition) is 6. The third-order valence-corrected chi connectivity index (χ3v) is 4.03. The van der Waals surface area contributed by atoms with Crippen molar-refractivity contribution >= 4 is 11.9 Å². The van der Waals surface area contributed by atoms with Crippen molar-refractivity contribution in [2.45, 2.75) is 6.92 Å². The zero-order valence-electron chi connectivity index (χ0n) is 15.8. The molecule has 0 saturated heterocycles. The Kier molecular flexibility index (Phi) is 6.06. The van der Waals surface area contributed by atoms with Crippen LogP contribution >= 0.6 is 0 Å². The lowest BCUT2D eigenvalue weighted by atomic mass is 10.0. The number of carbonyl (C=O) groups excluding carboxylic acids is 1. The van der Waals surface area contributed by atoms with Crippen molar-refractivity contribution in [3.63, 3.8) is 0 Å². The van der Waals surface area contributed by atoms with Gasteiger partial charge in [-0.1, -0.05) is 30.3 Å². The number of nitrogens with zero attached hydrogens (tertiary/aromatic N) is 2. The van der Waals surface area contributed by atoms with Crippen LogP contribution < -0.4 is 20.5 Å². The van der Waals surface area contributed by atoms with Gasteiger partial charge in [0, 0.05) is 12.6 Å². The molecule has 144 valence electrons. The number of nitrogens with one attached hydrogen (secondary N) is 1. The number of ether oxygens (including phenoxy) is 2. The van der Waals surface area contributed by atoms with Crippen molar-refractivity contribution in [3.8, 4) is 22.8 Å². The molecule has 7 nitrogen and oxygen atoms in total. The van der Waals surface area contributed by atoms with Gasteiger partial charge in [-0.15, -0.1) is 0 Å². The van der Waals surface area contributed by atoms with Gasteiger partial charge in [0.25, 0.3) is 5.91 Å². The van der Waals surface area contributed by atoms with Gasteiger partial charge in [0.2, 0.25) is 5.95 Å². The fourth-order valence-corrected chi connectivity index (χ4v) is 2.77. The predicted molar refractivity (Wildman–Crippen MR) is 107 cm³/mol. The van der Waals surface area contributed by atoms with Crippen molar-refractivity contribution in [1.29, 1.82) is 0 Å². The lowest BCUT2D eigenvalue weighted by Crippen LogP contribution is -2.21. The molecule has 0 bridgehead atoms. The summed E-state index contributed by atoms with van der Waals surface area (Å²) in [5, 5.41) is 2.62. The zero-order chi connectivity index (χ0) is 19.9. The summed E-state index contributed by atoms with van der Waals surface area (Å²) >= 11 is 0. The molecule has 28 heavy (non-hydrogen) atoms. The van der Waals surface area contributed by atoms with Crippen molar-refractivity contribution in [1.82, 2.24) is 15.3 Å². The molecule has 0 unspecified atom stereocenters. The topological polar surface area (TPSA) is 99.4 Å². The number of aryl methyl sites for hydroxylation is 1. The van der Waals surface area contributed by atoms with E-state index in [0.717, 1.165) is 11.3 Å². The normalized spacial score (nSPS) is 10.4. The molecule has 3 rings (SSSR count). The Balaban J connectivity index is 1.75. The minimum absolute atomic E-state index is 0.114. The molecule has 0 aliphatic rings. The van der Waals surface area contributed by atoms with E-state index in [1.807, 2.05) is 54.6 Å². The maximum absolute atomic E-state index is 12.3. The van der Waals surface area contributed by atoms with Crippen molar-refractivity contribution in [2.75, 3.05) is 26.0 Å². The summed E-state index contributed by atoms with van der Waals surface area (Å²) in [6, 6.07) is 16.9. The van der Waals surface area contributed by atoms with Gasteiger partial charge in [-0.05, 0) is 31.2 Å². The van der Waals surface area contributed by atoms with Crippen LogP contribution in [0.25, 0.3) is 11.3 Å². The average molecular weight is 378 g/mol. The second-order valence-corrected chi connectivity index (χ2v) is 6.01. The standard InChI is InChI=1S/C21H22N4O3/c1-14-18(20(26)23-2)19(25-21(22)24-14)15-7-6-10-17(13-15)28-12-11-27-16-8-4-3-5-9-16/h3-10,13H,11-12H2,1-2H3,(H,23,26)(H2,22,24,25). The van der Waals surface area contributed by atoms with Crippen molar-refractivity contribution < 1.29 is 14.3 Å². The molecule has 0 spiro atoms. The van der Waals surface area contributed by atoms with E-state index in [-0.39, 0.29) is 11.9 Å². The number of rotatable bonds is 7. The van der Waals surface area contributed by atoms with E-state index < -0.39 is 0 Å². The van der Waals surface area contributed by atoms with E-state index in [0.29, 0.717) is 35.9 Å². The van der Waals surface area contributed by atoms with Gasteiger partial charge < -0.3 is 20.5 Å². The molecule has 1 heterocycles. The van der Waals surface area contributed by atoms with Gasteiger partial charge in [-0.2, -0.15) is 0 Å². The highest BCUT2D eigenvalue weighted by molar-refractivity contribution is 6.01. The number of anilines is 1. The Morgan fingerprint density at radius 3 is 2.39 bits per heavy atom. The van der Waals surface area contributed by atoms with Crippen LogP contribution in [0.1, 0.15) is 16.1 Å². The summed E-state index contributed by atoms with van der Waals surface area (Å²) in [5.74, 6) is 1.28. The summed E-state index contributed by atoms with van der Waals surface area (Å²) in [6.07, 6.45) is 0. The molecule has 0 aliphatic carbocycles. The third-order valence-electron chi connectivity index (χ3n) is 4.03. The van der Waals surface area contributed by atoms with Crippen LogP contribution in [0.4, 0.5) is 5.95 Å². The van der Waals surface area contributed by atoms with E-state index >= 15 is 0 Å². The highest BCUT2D eigenvalue weighted by Gasteiger charge is 2.18. The largest absolute Gasteiger partial charge is 0.490 e. The molecule has 3 N–H and O–H groups in total. The van der Waals surface area contributed by atoms with Crippen LogP contribution in [0.5, 0.6) is 11.5 Å². The first-order valence-corrected chi connectivity index (χ1v) is 8.85. The van der Waals surface area contributed by atoms with Gasteiger partial charge in [0.05, 0.1) is 17.0 Å². The van der Waals surface area contributed by atoms with Gasteiger partial charge in [-0.25, -0.2) is 9.97 Å². The van der Waals surface area contributed by atoms with Crippen LogP contribution in [0.15, 0.2) is 54.6 Å². The lowest BCUT2D eigenvalue weighted by molar-refractivity contribution is 0.0962. The molecule has 2 aromatic carbocycles. The summed E-state index contributed by atoms with van der Waals surface area (Å²) in [6.45, 7) is 2.52. The fraction of sp³-hybridized carbons (Fsp3) is 0.190. The van der Waals surface area contributed by atoms with Crippen LogP contribution in [0.2, 0.25) is 0 Å². The number of amides is 1. The number of carbonyl (C=O) groups is 1. The number of aromatic nitrogens is 2. The highest BCUT2D eigenvalue weighted by atomic mass is 16.5. The van der Waals surface area contributed by atoms with E-state index in [4.69, 9.17) is 15.2 Å². The second-order valence-electron chi connectivity index (χ2n) is 6.01. The maximum Gasteiger partial charge on any atom is 0.255 e. The fourth-order valence-electron chi connectivity index (χ4n) is 2.77. The number of nitrogen functional groups attached to an aromatic ring is 1. The molecule has 0 atom stereocenters. The molecule has 0 saturated carbocycles. The Labute approximate surface area is 163 Å². The summed E-state index contributed by atoms with van der Waals surface area (Å²) in [5.41, 5.74) is 7.89. The number of benzene rings is 2. The monoisotopic (exact) mass is 378 g/mol. The first kappa shape index (κ1) is 19.2. The lowest BCUT2D eigenvalue weighted by Gasteiger charge is -2.13. The van der Waals surface area contributed by atoms with E-state index in [1.165, 1.54) is 0 Å². The second kappa shape index (κ2) is 8.85. The maximum atomic E-state index is 12.3. The third kappa shape index (κ3) is 4.56. The van der Waals surface area contributed by atoms with Crippen LogP contribution in [0.3, 0.4) is 0 Å². The Morgan fingerprint density at radius 1 is 1.00 bits per heavy atom. The molecule has 1 aromatic heterocycles. The SMILES string of the molecule is CNC(=O)c1c(C)nc(N)nc1-c1cccc(OCCOc2ccccc2)c1. The Bertz CT molecular complexity index is 961. The van der Waals surface area contributed by atoms with Crippen LogP contribution in [-0.4, -0.2) is 36.1 Å². The Morgan fingerprint density at radius 2 is 1.68 bits per heavy atom. The highest BCUT2D eigenvalue weighted by Crippen LogP contribution is 2.27. The first-order chi connectivity index (χ1) is 13.6. The minimum Gasteiger partial charge on any atom is -0.490 e. The zero-order valence-corrected chi connectivity index (χ0v) is 15.8. The first-order valence-electron chi connectivity index (χ1n) is 8.85. The molecule has 0 aliphatic heterocycles. The van der Waals surface area contributed by atoms with Gasteiger partial charge in [0.1, 0.15) is 24.7 Å². The van der Waals surface area contributed by atoms with E-state index in [1.54, 1.807) is 14.0 Å². The van der Waals surface area contributed by atoms with Crippen LogP contribution in [0, 0.1) is 6.92 Å². The number of nitrogens with two attached hydrogens (primary N) is 1. The van der Waals surface area contributed by atoms with Gasteiger partial charge in [-0.3, -0.25) is 4.79 Å². The summed E-state index contributed by atoms with van der Waals surface area (Å²) in [4.78, 5) is 20.7. The minimum atomic E-state index is -0.268. The van der Waals surface area contributed by atoms with Gasteiger partial charge >= 0.3 is 0 Å². The van der Waals surface area contributed by atoms with Crippen LogP contribution in [-0.2, 0) is 0 Å². The Hall–Kier alpha value is -3.61. The number of para-hydroxylation sites is 1. The van der Waals surface area contributed by atoms with E-state index in [2.05, 4.69) is 15.3 Å². The smallest absolute Gasteiger partial charge is 0.255 e. The molecule has 0 radical (unpaired) electrons. The molecular weight excluding hydrogens is 356 g/mol. The summed E-state index contributed by atoms with van der Waals surface area (Å²) in [7, 11) is 1.56. The molecule has 7 heteroatoms. The number of hydrogen-bond donors (Lipinski definition) is 2. The van der Waals surface area contributed by atoms with Crippen molar-refractivity contribution in [3.05, 3.63) is 65.9 Å². The average Bonchev–Trinajstić information content (AvgIpc) is 2.71. The molecule has 3 aromatic rings. The molecule has 0 fully saturated rings. The van der Waals surface area contributed by atoms with E-state index in [9.17, 15) is 4.79 Å². The summed E-state index contributed by atoms with van der Waals surface area (Å²) < 4.78 is 11.4. The predicted octanol–water partition coefficient (Wildman–Crippen LogP) is 2.85. The molecule has 1 amide bonds. The van der Waals surface area contributed by atoms with Crippen molar-refractivity contribution in [2.24, 2.45) is 0 Å². The van der Waals surface area contributed by atoms with Gasteiger partial charge in [0.15, 0.2) is 0 Å².